The highest BCUT2D eigenvalue weighted by molar-refractivity contribution is 7.97. The second-order valence-corrected chi connectivity index (χ2v) is 15.5. The molecule has 0 aliphatic heterocycles. The van der Waals surface area contributed by atoms with Crippen molar-refractivity contribution >= 4 is 38.9 Å². The van der Waals surface area contributed by atoms with Crippen LogP contribution in [0.15, 0.2) is 142 Å². The molecule has 0 amide bonds. The summed E-state index contributed by atoms with van der Waals surface area (Å²) in [5.41, 5.74) is -2.06. The van der Waals surface area contributed by atoms with Crippen molar-refractivity contribution < 1.29 is 62.9 Å². The van der Waals surface area contributed by atoms with Gasteiger partial charge in [0.25, 0.3) is 0 Å². The quantitative estimate of drug-likeness (QED) is 0.0738. The maximum absolute atomic E-state index is 15.2. The molecular weight excluding hydrogens is 849 g/mol. The van der Waals surface area contributed by atoms with Gasteiger partial charge >= 0.3 is 0 Å². The first-order valence-corrected chi connectivity index (χ1v) is 19.5. The molecule has 0 aliphatic carbocycles. The summed E-state index contributed by atoms with van der Waals surface area (Å²) in [7, 11) is 3.51. The lowest BCUT2D eigenvalue weighted by molar-refractivity contribution is 0.360. The van der Waals surface area contributed by atoms with Gasteiger partial charge in [-0.25, -0.2) is 43.9 Å². The van der Waals surface area contributed by atoms with Gasteiger partial charge < -0.3 is 18.9 Å². The Hall–Kier alpha value is -6.55. The number of rotatable bonds is 11. The molecule has 320 valence electrons. The first-order valence-electron chi connectivity index (χ1n) is 18.3. The third-order valence-corrected chi connectivity index (χ3v) is 12.2. The number of hydrogen-bond donors (Lipinski definition) is 0. The fraction of sp³-hybridized carbons (Fsp3) is 0.0870. The lowest BCUT2D eigenvalue weighted by Crippen LogP contribution is -2.75. The van der Waals surface area contributed by atoms with E-state index in [4.69, 9.17) is 18.9 Å². The van der Waals surface area contributed by atoms with Crippen LogP contribution in [0.4, 0.5) is 43.9 Å². The molecule has 0 aromatic heterocycles. The third-order valence-electron chi connectivity index (χ3n) is 9.98. The molecule has 7 aromatic rings. The lowest BCUT2D eigenvalue weighted by atomic mass is 9.13. The van der Waals surface area contributed by atoms with Crippen molar-refractivity contribution in [2.75, 3.05) is 28.4 Å². The summed E-state index contributed by atoms with van der Waals surface area (Å²) in [4.78, 5) is 3.14. The predicted molar refractivity (Wildman–Crippen MR) is 217 cm³/mol. The van der Waals surface area contributed by atoms with Crippen molar-refractivity contribution in [3.63, 3.8) is 0 Å². The molecule has 0 atom stereocenters. The van der Waals surface area contributed by atoms with Gasteiger partial charge in [-0.2, -0.15) is 21.9 Å². The van der Waals surface area contributed by atoms with Crippen molar-refractivity contribution in [2.45, 2.75) is 14.7 Å². The van der Waals surface area contributed by atoms with Crippen molar-refractivity contribution in [2.24, 2.45) is 0 Å². The molecule has 0 saturated heterocycles. The fourth-order valence-corrected chi connectivity index (χ4v) is 9.42. The van der Waals surface area contributed by atoms with Crippen molar-refractivity contribution in [3.05, 3.63) is 186 Å². The average molecular weight is 883 g/mol. The van der Waals surface area contributed by atoms with Gasteiger partial charge in [-0.3, -0.25) is 0 Å². The molecule has 16 heteroatoms. The minimum absolute atomic E-state index is 0.255. The van der Waals surface area contributed by atoms with Gasteiger partial charge in [0.15, 0.2) is 84.2 Å². The van der Waals surface area contributed by atoms with E-state index in [0.29, 0.717) is 48.5 Å². The maximum atomic E-state index is 15.2. The standard InChI is InChI=1S/C28H20BF8O4.C18H13F2S/c1-38-25-17(30)5-13(6-18(25)31)29(14-7-19(32)26(39-2)20(33)8-14,15-9-21(34)27(40-3)22(35)10-15)16-11-23(36)28(41-4)24(37)12-16;19-14-6-10-17(11-7-14)21(16-4-2-1-3-5-16)18-12-8-15(20)9-13-18/h5-12H,1-4H3;1-13H/q-1;+1. The van der Waals surface area contributed by atoms with Gasteiger partial charge in [0, 0.05) is 0 Å². The summed E-state index contributed by atoms with van der Waals surface area (Å²) in [6, 6.07) is 28.3. The van der Waals surface area contributed by atoms with Gasteiger partial charge in [0.05, 0.1) is 39.3 Å². The molecule has 7 rings (SSSR count). The molecule has 7 aromatic carbocycles. The van der Waals surface area contributed by atoms with E-state index in [9.17, 15) is 8.78 Å². The molecular formula is C46H33BF10O4S. The highest BCUT2D eigenvalue weighted by Gasteiger charge is 2.38. The molecule has 0 spiro atoms. The summed E-state index contributed by atoms with van der Waals surface area (Å²) in [5, 5.41) is 0. The van der Waals surface area contributed by atoms with Crippen LogP contribution < -0.4 is 40.8 Å². The van der Waals surface area contributed by atoms with E-state index in [0.717, 1.165) is 43.1 Å². The van der Waals surface area contributed by atoms with E-state index >= 15 is 35.1 Å². The minimum Gasteiger partial charge on any atom is -0.491 e. The Morgan fingerprint density at radius 2 is 0.548 bits per heavy atom. The molecule has 0 heterocycles. The molecule has 0 radical (unpaired) electrons. The van der Waals surface area contributed by atoms with E-state index in [1.54, 1.807) is 24.3 Å². The van der Waals surface area contributed by atoms with Crippen LogP contribution in [0.25, 0.3) is 0 Å². The molecule has 0 saturated carbocycles. The number of halogens is 10. The van der Waals surface area contributed by atoms with Crippen molar-refractivity contribution in [1.29, 1.82) is 0 Å². The molecule has 0 N–H and O–H groups in total. The Kier molecular flexibility index (Phi) is 13.8. The van der Waals surface area contributed by atoms with Crippen LogP contribution >= 0.6 is 0 Å². The second kappa shape index (κ2) is 19.0. The van der Waals surface area contributed by atoms with E-state index in [2.05, 4.69) is 0 Å². The minimum atomic E-state index is -3.59. The van der Waals surface area contributed by atoms with Crippen LogP contribution in [0, 0.1) is 58.2 Å². The zero-order chi connectivity index (χ0) is 44.9. The Balaban J connectivity index is 0.000000254. The first-order chi connectivity index (χ1) is 29.7. The van der Waals surface area contributed by atoms with E-state index < -0.39 is 97.5 Å². The molecule has 0 unspecified atom stereocenters. The summed E-state index contributed by atoms with van der Waals surface area (Å²) in [6.07, 6.45) is -3.59. The monoisotopic (exact) mass is 882 g/mol. The highest BCUT2D eigenvalue weighted by Crippen LogP contribution is 2.32. The molecule has 0 fully saturated rings. The van der Waals surface area contributed by atoms with Crippen molar-refractivity contribution in [3.8, 4) is 23.0 Å². The first kappa shape index (κ1) is 45.0. The Labute approximate surface area is 352 Å². The lowest BCUT2D eigenvalue weighted by Gasteiger charge is -2.44. The van der Waals surface area contributed by atoms with Crippen LogP contribution in [-0.4, -0.2) is 34.6 Å². The Morgan fingerprint density at radius 1 is 0.323 bits per heavy atom. The Bertz CT molecular complexity index is 2330. The van der Waals surface area contributed by atoms with E-state index in [1.807, 2.05) is 30.3 Å². The van der Waals surface area contributed by atoms with Gasteiger partial charge in [-0.15, -0.1) is 0 Å². The summed E-state index contributed by atoms with van der Waals surface area (Å²) in [5.74, 6) is -14.6. The zero-order valence-electron chi connectivity index (χ0n) is 33.0. The average Bonchev–Trinajstić information content (AvgIpc) is 3.23. The van der Waals surface area contributed by atoms with Crippen molar-refractivity contribution in [1.82, 2.24) is 0 Å². The van der Waals surface area contributed by atoms with E-state index in [1.165, 1.54) is 24.3 Å². The molecule has 4 nitrogen and oxygen atoms in total. The normalized spacial score (nSPS) is 11.2. The van der Waals surface area contributed by atoms with Crippen LogP contribution in [-0.2, 0) is 10.9 Å². The third kappa shape index (κ3) is 8.78. The molecule has 62 heavy (non-hydrogen) atoms. The SMILES string of the molecule is COc1c(F)cc([B-](c2cc(F)c(OC)c(F)c2)(c2cc(F)c(OC)c(F)c2)c2cc(F)c(OC)c(F)c2)cc1F.Fc1ccc([S+](c2ccccc2)c2ccc(F)cc2)cc1. The number of ether oxygens (including phenoxy) is 4. The van der Waals surface area contributed by atoms with Crippen LogP contribution in [0.5, 0.6) is 23.0 Å². The van der Waals surface area contributed by atoms with Crippen LogP contribution in [0.3, 0.4) is 0 Å². The summed E-state index contributed by atoms with van der Waals surface area (Å²) in [6.45, 7) is 0. The topological polar surface area (TPSA) is 36.9 Å². The smallest absolute Gasteiger partial charge is 0.190 e. The van der Waals surface area contributed by atoms with Gasteiger partial charge in [-0.05, 0) is 60.7 Å². The number of methoxy groups -OCH3 is 4. The number of hydrogen-bond acceptors (Lipinski definition) is 4. The zero-order valence-corrected chi connectivity index (χ0v) is 33.8. The van der Waals surface area contributed by atoms with Crippen LogP contribution in [0.1, 0.15) is 0 Å². The van der Waals surface area contributed by atoms with E-state index in [-0.39, 0.29) is 22.5 Å². The Morgan fingerprint density at radius 3 is 0.774 bits per heavy atom. The summed E-state index contributed by atoms with van der Waals surface area (Å²) < 4.78 is 166. The van der Waals surface area contributed by atoms with Gasteiger partial charge in [0.1, 0.15) is 17.8 Å². The van der Waals surface area contributed by atoms with Crippen LogP contribution in [0.2, 0.25) is 0 Å². The second-order valence-electron chi connectivity index (χ2n) is 13.5. The fourth-order valence-electron chi connectivity index (χ4n) is 7.36. The maximum Gasteiger partial charge on any atom is 0.190 e. The molecule has 0 bridgehead atoms. The molecule has 0 aliphatic rings. The highest BCUT2D eigenvalue weighted by atomic mass is 32.2. The largest absolute Gasteiger partial charge is 0.491 e. The predicted octanol–water partition coefficient (Wildman–Crippen LogP) is 9.27. The van der Waals surface area contributed by atoms with Gasteiger partial charge in [0.2, 0.25) is 0 Å². The number of benzene rings is 7. The van der Waals surface area contributed by atoms with Gasteiger partial charge in [-0.1, -0.05) is 66.7 Å². The summed E-state index contributed by atoms with van der Waals surface area (Å²) >= 11 is 0.